The first kappa shape index (κ1) is 13.5. The Morgan fingerprint density at radius 1 is 1.56 bits per heavy atom. The largest absolute Gasteiger partial charge is 0.411 e. The number of alkyl halides is 3. The lowest BCUT2D eigenvalue weighted by atomic mass is 10.6. The van der Waals surface area contributed by atoms with E-state index < -0.39 is 25.1 Å². The van der Waals surface area contributed by atoms with Gasteiger partial charge in [-0.25, -0.2) is 4.98 Å². The molecule has 9 heteroatoms. The Bertz CT molecular complexity index is 435. The molecular formula is C7H5BrClF3N2O2. The van der Waals surface area contributed by atoms with Gasteiger partial charge in [0, 0.05) is 0 Å². The van der Waals surface area contributed by atoms with Crippen molar-refractivity contribution in [2.75, 3.05) is 6.61 Å². The van der Waals surface area contributed by atoms with E-state index >= 15 is 0 Å². The third-order valence-corrected chi connectivity index (χ3v) is 2.67. The highest BCUT2D eigenvalue weighted by atomic mass is 79.9. The lowest BCUT2D eigenvalue weighted by Gasteiger charge is -2.09. The van der Waals surface area contributed by atoms with E-state index in [-0.39, 0.29) is 9.63 Å². The van der Waals surface area contributed by atoms with E-state index in [4.69, 9.17) is 11.6 Å². The highest BCUT2D eigenvalue weighted by Crippen LogP contribution is 2.15. The van der Waals surface area contributed by atoms with Gasteiger partial charge in [-0.1, -0.05) is 11.6 Å². The van der Waals surface area contributed by atoms with Gasteiger partial charge in [-0.2, -0.15) is 13.2 Å². The van der Waals surface area contributed by atoms with Crippen LogP contribution in [0, 0.1) is 0 Å². The maximum Gasteiger partial charge on any atom is 0.411 e. The molecule has 0 N–H and O–H groups in total. The van der Waals surface area contributed by atoms with E-state index in [0.29, 0.717) is 0 Å². The quantitative estimate of drug-likeness (QED) is 0.802. The number of rotatable bonds is 3. The van der Waals surface area contributed by atoms with E-state index in [1.165, 1.54) is 0 Å². The van der Waals surface area contributed by atoms with Crippen LogP contribution in [0.3, 0.4) is 0 Å². The smallest absolute Gasteiger partial charge is 0.351 e. The molecule has 1 aromatic rings. The Hall–Kier alpha value is -0.600. The van der Waals surface area contributed by atoms with E-state index in [0.717, 1.165) is 10.9 Å². The van der Waals surface area contributed by atoms with Crippen LogP contribution in [0.4, 0.5) is 13.2 Å². The molecule has 4 nitrogen and oxygen atoms in total. The molecule has 0 aliphatic rings. The minimum atomic E-state index is -4.43. The van der Waals surface area contributed by atoms with Crippen molar-refractivity contribution < 1.29 is 17.9 Å². The molecule has 0 unspecified atom stereocenters. The van der Waals surface area contributed by atoms with Crippen molar-refractivity contribution in [2.24, 2.45) is 0 Å². The van der Waals surface area contributed by atoms with Gasteiger partial charge in [0.05, 0.1) is 0 Å². The van der Waals surface area contributed by atoms with Crippen molar-refractivity contribution in [1.82, 2.24) is 9.55 Å². The first-order chi connectivity index (χ1) is 7.31. The Morgan fingerprint density at radius 2 is 2.19 bits per heavy atom. The minimum Gasteiger partial charge on any atom is -0.351 e. The standard InChI is InChI=1S/C7H5BrClF3N2O2/c8-4-5(9)13-2-14(6(4)15)3-16-1-7(10,11)12/h2H,1,3H2. The summed E-state index contributed by atoms with van der Waals surface area (Å²) in [6.45, 7) is -1.97. The second-order valence-electron chi connectivity index (χ2n) is 2.72. The summed E-state index contributed by atoms with van der Waals surface area (Å²) in [5.74, 6) is 0. The summed E-state index contributed by atoms with van der Waals surface area (Å²) < 4.78 is 40.4. The monoisotopic (exact) mass is 320 g/mol. The van der Waals surface area contributed by atoms with Crippen LogP contribution in [0.5, 0.6) is 0 Å². The summed E-state index contributed by atoms with van der Waals surface area (Å²) in [6, 6.07) is 0. The molecular weight excluding hydrogens is 316 g/mol. The zero-order valence-electron chi connectivity index (χ0n) is 7.59. The predicted molar refractivity (Wildman–Crippen MR) is 53.2 cm³/mol. The lowest BCUT2D eigenvalue weighted by molar-refractivity contribution is -0.182. The number of ether oxygens (including phenoxy) is 1. The van der Waals surface area contributed by atoms with Crippen LogP contribution in [0.2, 0.25) is 5.15 Å². The fourth-order valence-corrected chi connectivity index (χ4v) is 1.25. The van der Waals surface area contributed by atoms with Gasteiger partial charge in [0.25, 0.3) is 5.56 Å². The van der Waals surface area contributed by atoms with Crippen molar-refractivity contribution in [1.29, 1.82) is 0 Å². The summed E-state index contributed by atoms with van der Waals surface area (Å²) >= 11 is 8.36. The Labute approximate surface area is 101 Å². The van der Waals surface area contributed by atoms with E-state index in [1.54, 1.807) is 0 Å². The molecule has 16 heavy (non-hydrogen) atoms. The maximum absolute atomic E-state index is 11.7. The van der Waals surface area contributed by atoms with Gasteiger partial charge in [-0.3, -0.25) is 9.36 Å². The normalized spacial score (nSPS) is 11.8. The van der Waals surface area contributed by atoms with Gasteiger partial charge in [-0.15, -0.1) is 0 Å². The lowest BCUT2D eigenvalue weighted by Crippen LogP contribution is -2.25. The van der Waals surface area contributed by atoms with E-state index in [1.807, 2.05) is 0 Å². The Balaban J connectivity index is 2.69. The fraction of sp³-hybridized carbons (Fsp3) is 0.429. The third kappa shape index (κ3) is 3.76. The maximum atomic E-state index is 11.7. The molecule has 0 radical (unpaired) electrons. The van der Waals surface area contributed by atoms with Gasteiger partial charge in [0.15, 0.2) is 5.15 Å². The van der Waals surface area contributed by atoms with Crippen molar-refractivity contribution in [3.63, 3.8) is 0 Å². The summed E-state index contributed by atoms with van der Waals surface area (Å²) in [5, 5.41) is -0.0583. The number of hydrogen-bond acceptors (Lipinski definition) is 3. The predicted octanol–water partition coefficient (Wildman–Crippen LogP) is 2.20. The third-order valence-electron chi connectivity index (χ3n) is 1.44. The van der Waals surface area contributed by atoms with Crippen LogP contribution in [0.25, 0.3) is 0 Å². The van der Waals surface area contributed by atoms with Crippen LogP contribution in [-0.2, 0) is 11.5 Å². The van der Waals surface area contributed by atoms with E-state index in [2.05, 4.69) is 25.7 Å². The molecule has 0 saturated carbocycles. The molecule has 0 fully saturated rings. The molecule has 0 aliphatic carbocycles. The van der Waals surface area contributed by atoms with Gasteiger partial charge in [0.1, 0.15) is 24.1 Å². The van der Waals surface area contributed by atoms with Gasteiger partial charge < -0.3 is 4.74 Å². The van der Waals surface area contributed by atoms with Crippen LogP contribution < -0.4 is 5.56 Å². The number of halogens is 5. The molecule has 1 heterocycles. The zero-order valence-corrected chi connectivity index (χ0v) is 9.93. The first-order valence-corrected chi connectivity index (χ1v) is 5.03. The molecule has 0 spiro atoms. The average molecular weight is 321 g/mol. The van der Waals surface area contributed by atoms with Crippen LogP contribution in [0.15, 0.2) is 15.6 Å². The van der Waals surface area contributed by atoms with Crippen LogP contribution in [-0.4, -0.2) is 22.3 Å². The highest BCUT2D eigenvalue weighted by molar-refractivity contribution is 9.10. The van der Waals surface area contributed by atoms with Crippen molar-refractivity contribution in [3.05, 3.63) is 26.3 Å². The van der Waals surface area contributed by atoms with Crippen LogP contribution in [0.1, 0.15) is 0 Å². The topological polar surface area (TPSA) is 44.1 Å². The molecule has 0 saturated heterocycles. The molecule has 1 aromatic heterocycles. The van der Waals surface area contributed by atoms with Gasteiger partial charge in [0.2, 0.25) is 0 Å². The van der Waals surface area contributed by atoms with Crippen molar-refractivity contribution in [2.45, 2.75) is 12.9 Å². The molecule has 0 aliphatic heterocycles. The Kier molecular flexibility index (Phi) is 4.34. The Morgan fingerprint density at radius 3 is 2.75 bits per heavy atom. The second-order valence-corrected chi connectivity index (χ2v) is 3.87. The number of nitrogens with zero attached hydrogens (tertiary/aromatic N) is 2. The second kappa shape index (κ2) is 5.15. The molecule has 0 bridgehead atoms. The molecule has 0 atom stereocenters. The van der Waals surface area contributed by atoms with Crippen molar-refractivity contribution >= 4 is 27.5 Å². The summed E-state index contributed by atoms with van der Waals surface area (Å²) in [4.78, 5) is 15.0. The summed E-state index contributed by atoms with van der Waals surface area (Å²) in [5.41, 5.74) is -0.609. The summed E-state index contributed by atoms with van der Waals surface area (Å²) in [6.07, 6.45) is -3.42. The van der Waals surface area contributed by atoms with Gasteiger partial charge in [-0.05, 0) is 15.9 Å². The molecule has 90 valence electrons. The number of hydrogen-bond donors (Lipinski definition) is 0. The zero-order chi connectivity index (χ0) is 12.3. The molecule has 1 rings (SSSR count). The van der Waals surface area contributed by atoms with Gasteiger partial charge >= 0.3 is 6.18 Å². The number of aromatic nitrogens is 2. The first-order valence-electron chi connectivity index (χ1n) is 3.86. The average Bonchev–Trinajstić information content (AvgIpc) is 2.16. The molecule has 0 aromatic carbocycles. The van der Waals surface area contributed by atoms with Crippen molar-refractivity contribution in [3.8, 4) is 0 Å². The minimum absolute atomic E-state index is 0.0210. The fourth-order valence-electron chi connectivity index (χ4n) is 0.795. The SMILES string of the molecule is O=c1c(Br)c(Cl)ncn1COCC(F)(F)F. The summed E-state index contributed by atoms with van der Waals surface area (Å²) in [7, 11) is 0. The highest BCUT2D eigenvalue weighted by Gasteiger charge is 2.27. The van der Waals surface area contributed by atoms with Crippen LogP contribution >= 0.6 is 27.5 Å². The molecule has 0 amide bonds. The van der Waals surface area contributed by atoms with E-state index in [9.17, 15) is 18.0 Å².